The second kappa shape index (κ2) is 4.40. The molecular formula is C8H14ClF2NO2. The fourth-order valence-electron chi connectivity index (χ4n) is 1.47. The van der Waals surface area contributed by atoms with Crippen molar-refractivity contribution in [3.63, 3.8) is 0 Å². The molecule has 0 spiro atoms. The summed E-state index contributed by atoms with van der Waals surface area (Å²) in [6.07, 6.45) is -0.684. The third-order valence-corrected chi connectivity index (χ3v) is 2.47. The Labute approximate surface area is 87.4 Å². The van der Waals surface area contributed by atoms with Crippen LogP contribution >= 0.6 is 12.4 Å². The molecule has 0 unspecified atom stereocenters. The summed E-state index contributed by atoms with van der Waals surface area (Å²) in [5.41, 5.74) is 4.43. The average molecular weight is 230 g/mol. The largest absolute Gasteiger partial charge is 0.468 e. The van der Waals surface area contributed by atoms with Crippen molar-refractivity contribution >= 4 is 18.4 Å². The van der Waals surface area contributed by atoms with E-state index < -0.39 is 17.4 Å². The molecule has 1 rings (SSSR count). The van der Waals surface area contributed by atoms with E-state index in [1.54, 1.807) is 0 Å². The Morgan fingerprint density at radius 1 is 1.29 bits per heavy atom. The summed E-state index contributed by atoms with van der Waals surface area (Å²) in [7, 11) is 1.21. The predicted octanol–water partition coefficient (Wildman–Crippen LogP) is 1.49. The Morgan fingerprint density at radius 3 is 2.07 bits per heavy atom. The zero-order valence-corrected chi connectivity index (χ0v) is 8.70. The highest BCUT2D eigenvalue weighted by atomic mass is 35.5. The van der Waals surface area contributed by atoms with Gasteiger partial charge < -0.3 is 10.5 Å². The van der Waals surface area contributed by atoms with Crippen LogP contribution in [-0.4, -0.2) is 24.5 Å². The lowest BCUT2D eigenvalue weighted by Gasteiger charge is -2.34. The van der Waals surface area contributed by atoms with Crippen LogP contribution < -0.4 is 5.73 Å². The molecule has 0 heterocycles. The van der Waals surface area contributed by atoms with E-state index in [2.05, 4.69) is 4.74 Å². The lowest BCUT2D eigenvalue weighted by Crippen LogP contribution is -2.52. The van der Waals surface area contributed by atoms with Crippen molar-refractivity contribution in [2.45, 2.75) is 37.1 Å². The van der Waals surface area contributed by atoms with E-state index >= 15 is 0 Å². The highest BCUT2D eigenvalue weighted by molar-refractivity contribution is 5.85. The van der Waals surface area contributed by atoms with E-state index in [-0.39, 0.29) is 38.1 Å². The van der Waals surface area contributed by atoms with Crippen LogP contribution in [0.5, 0.6) is 0 Å². The number of methoxy groups -OCH3 is 1. The number of ether oxygens (including phenoxy) is 1. The van der Waals surface area contributed by atoms with Gasteiger partial charge in [-0.1, -0.05) is 0 Å². The van der Waals surface area contributed by atoms with Gasteiger partial charge in [-0.25, -0.2) is 8.78 Å². The van der Waals surface area contributed by atoms with Gasteiger partial charge in [0.25, 0.3) is 0 Å². The molecule has 84 valence electrons. The van der Waals surface area contributed by atoms with Gasteiger partial charge in [-0.2, -0.15) is 0 Å². The zero-order chi connectivity index (χ0) is 10.1. The monoisotopic (exact) mass is 229 g/mol. The van der Waals surface area contributed by atoms with Gasteiger partial charge in [-0.3, -0.25) is 4.79 Å². The van der Waals surface area contributed by atoms with E-state index in [0.29, 0.717) is 0 Å². The van der Waals surface area contributed by atoms with Gasteiger partial charge in [0.2, 0.25) is 5.92 Å². The molecule has 1 aliphatic carbocycles. The second-order valence-corrected chi connectivity index (χ2v) is 3.50. The first-order valence-electron chi connectivity index (χ1n) is 4.15. The fraction of sp³-hybridized carbons (Fsp3) is 0.875. The highest BCUT2D eigenvalue weighted by Gasteiger charge is 2.45. The summed E-state index contributed by atoms with van der Waals surface area (Å²) in [6, 6.07) is 0. The summed E-state index contributed by atoms with van der Waals surface area (Å²) in [5, 5.41) is 0. The van der Waals surface area contributed by atoms with Gasteiger partial charge in [0.1, 0.15) is 5.54 Å². The molecule has 3 nitrogen and oxygen atoms in total. The minimum Gasteiger partial charge on any atom is -0.468 e. The number of hydrogen-bond acceptors (Lipinski definition) is 3. The van der Waals surface area contributed by atoms with Crippen molar-refractivity contribution in [3.8, 4) is 0 Å². The summed E-state index contributed by atoms with van der Waals surface area (Å²) in [4.78, 5) is 11.1. The smallest absolute Gasteiger partial charge is 0.325 e. The van der Waals surface area contributed by atoms with Gasteiger partial charge in [0, 0.05) is 12.8 Å². The summed E-state index contributed by atoms with van der Waals surface area (Å²) >= 11 is 0. The van der Waals surface area contributed by atoms with Crippen molar-refractivity contribution in [2.75, 3.05) is 7.11 Å². The van der Waals surface area contributed by atoms with Crippen molar-refractivity contribution in [3.05, 3.63) is 0 Å². The minimum atomic E-state index is -2.67. The molecule has 0 atom stereocenters. The van der Waals surface area contributed by atoms with Crippen molar-refractivity contribution < 1.29 is 18.3 Å². The first-order valence-corrected chi connectivity index (χ1v) is 4.15. The van der Waals surface area contributed by atoms with Crippen molar-refractivity contribution in [2.24, 2.45) is 5.73 Å². The third-order valence-electron chi connectivity index (χ3n) is 2.47. The van der Waals surface area contributed by atoms with Gasteiger partial charge in [-0.15, -0.1) is 12.4 Å². The molecule has 0 aromatic carbocycles. The molecular weight excluding hydrogens is 216 g/mol. The van der Waals surface area contributed by atoms with Crippen molar-refractivity contribution in [1.29, 1.82) is 0 Å². The number of alkyl halides is 2. The number of halogens is 3. The Kier molecular flexibility index (Phi) is 4.27. The summed E-state index contributed by atoms with van der Waals surface area (Å²) in [5.74, 6) is -3.26. The van der Waals surface area contributed by atoms with E-state index in [0.717, 1.165) is 0 Å². The predicted molar refractivity (Wildman–Crippen MR) is 49.6 cm³/mol. The lowest BCUT2D eigenvalue weighted by molar-refractivity contribution is -0.151. The summed E-state index contributed by atoms with van der Waals surface area (Å²) < 4.78 is 29.9. The molecule has 0 bridgehead atoms. The maximum absolute atomic E-state index is 12.7. The molecule has 0 saturated heterocycles. The normalized spacial score (nSPS) is 23.4. The molecule has 0 amide bonds. The fourth-order valence-corrected chi connectivity index (χ4v) is 1.47. The number of carbonyl (C=O) groups is 1. The average Bonchev–Trinajstić information content (AvgIpc) is 2.09. The number of carbonyl (C=O) groups excluding carboxylic acids is 1. The molecule has 14 heavy (non-hydrogen) atoms. The van der Waals surface area contributed by atoms with Crippen LogP contribution in [0.3, 0.4) is 0 Å². The molecule has 1 aliphatic rings. The van der Waals surface area contributed by atoms with Crippen molar-refractivity contribution in [1.82, 2.24) is 0 Å². The minimum absolute atomic E-state index is 0. The molecule has 2 N–H and O–H groups in total. The standard InChI is InChI=1S/C8H13F2NO2.ClH/c1-13-6(12)7(11)2-4-8(9,10)5-3-7;/h2-5,11H2,1H3;1H. The molecule has 0 aromatic rings. The zero-order valence-electron chi connectivity index (χ0n) is 7.89. The molecule has 1 saturated carbocycles. The number of nitrogens with two attached hydrogens (primary N) is 1. The molecule has 0 radical (unpaired) electrons. The van der Waals surface area contributed by atoms with Crippen LogP contribution in [0.15, 0.2) is 0 Å². The highest BCUT2D eigenvalue weighted by Crippen LogP contribution is 2.37. The van der Waals surface area contributed by atoms with Gasteiger partial charge in [0.15, 0.2) is 0 Å². The van der Waals surface area contributed by atoms with Crippen LogP contribution in [-0.2, 0) is 9.53 Å². The van der Waals surface area contributed by atoms with Crippen LogP contribution in [0.2, 0.25) is 0 Å². The Morgan fingerprint density at radius 2 is 1.71 bits per heavy atom. The third kappa shape index (κ3) is 2.78. The summed E-state index contributed by atoms with van der Waals surface area (Å²) in [6.45, 7) is 0. The van der Waals surface area contributed by atoms with E-state index in [1.807, 2.05) is 0 Å². The molecule has 0 aromatic heterocycles. The molecule has 6 heteroatoms. The lowest BCUT2D eigenvalue weighted by atomic mass is 9.81. The SMILES string of the molecule is COC(=O)C1(N)CCC(F)(F)CC1.Cl. The quantitative estimate of drug-likeness (QED) is 0.693. The molecule has 0 aliphatic heterocycles. The second-order valence-electron chi connectivity index (χ2n) is 3.50. The maximum atomic E-state index is 12.7. The first kappa shape index (κ1) is 13.6. The van der Waals surface area contributed by atoms with Crippen LogP contribution in [0.25, 0.3) is 0 Å². The number of hydrogen-bond donors (Lipinski definition) is 1. The topological polar surface area (TPSA) is 52.3 Å². The van der Waals surface area contributed by atoms with E-state index in [4.69, 9.17) is 5.73 Å². The Hall–Kier alpha value is -0.420. The van der Waals surface area contributed by atoms with E-state index in [1.165, 1.54) is 7.11 Å². The van der Waals surface area contributed by atoms with Crippen LogP contribution in [0.1, 0.15) is 25.7 Å². The number of esters is 1. The Bertz CT molecular complexity index is 213. The number of rotatable bonds is 1. The maximum Gasteiger partial charge on any atom is 0.325 e. The Balaban J connectivity index is 0.00000169. The van der Waals surface area contributed by atoms with Gasteiger partial charge in [0.05, 0.1) is 7.11 Å². The molecule has 1 fully saturated rings. The van der Waals surface area contributed by atoms with Crippen LogP contribution in [0, 0.1) is 0 Å². The van der Waals surface area contributed by atoms with E-state index in [9.17, 15) is 13.6 Å². The van der Waals surface area contributed by atoms with Gasteiger partial charge in [-0.05, 0) is 12.8 Å². The van der Waals surface area contributed by atoms with Gasteiger partial charge >= 0.3 is 5.97 Å². The van der Waals surface area contributed by atoms with Crippen LogP contribution in [0.4, 0.5) is 8.78 Å². The first-order chi connectivity index (χ1) is 5.90.